The van der Waals surface area contributed by atoms with Gasteiger partial charge in [0, 0.05) is 54.5 Å². The smallest absolute Gasteiger partial charge is 0.163 e. The topological polar surface area (TPSA) is 79.8 Å². The van der Waals surface area contributed by atoms with Crippen molar-refractivity contribution in [2.75, 3.05) is 0 Å². The Morgan fingerprint density at radius 2 is 0.867 bits per heavy atom. The lowest BCUT2D eigenvalue weighted by atomic mass is 10.1. The molecule has 0 saturated heterocycles. The summed E-state index contributed by atoms with van der Waals surface area (Å²) in [6.07, 6.45) is 0. The van der Waals surface area contributed by atoms with Gasteiger partial charge in [0.2, 0.25) is 0 Å². The van der Waals surface area contributed by atoms with E-state index in [0.717, 1.165) is 22.3 Å². The molecule has 45 heavy (non-hydrogen) atoms. The molecule has 0 bridgehead atoms. The lowest BCUT2D eigenvalue weighted by Gasteiger charge is -2.09. The van der Waals surface area contributed by atoms with Gasteiger partial charge < -0.3 is 23.3 Å². The molecule has 0 aliphatic carbocycles. The molecule has 0 amide bonds. The summed E-state index contributed by atoms with van der Waals surface area (Å²) in [6.45, 7) is 0.950. The summed E-state index contributed by atoms with van der Waals surface area (Å²) in [5.41, 5.74) is 4.58. The van der Waals surface area contributed by atoms with Gasteiger partial charge in [-0.2, -0.15) is 0 Å². The van der Waals surface area contributed by atoms with Crippen LogP contribution in [0.5, 0.6) is 11.5 Å². The molecular formula is C34H24Cl4N2O5. The van der Waals surface area contributed by atoms with E-state index in [1.54, 1.807) is 36.4 Å². The Kier molecular flexibility index (Phi) is 9.94. The summed E-state index contributed by atoms with van der Waals surface area (Å²) in [7, 11) is 0. The van der Waals surface area contributed by atoms with Gasteiger partial charge in [0.15, 0.2) is 11.5 Å². The molecule has 0 fully saturated rings. The van der Waals surface area contributed by atoms with Crippen LogP contribution in [-0.2, 0) is 31.2 Å². The molecular weight excluding hydrogens is 658 g/mol. The van der Waals surface area contributed by atoms with Crippen LogP contribution in [0.1, 0.15) is 22.6 Å². The van der Waals surface area contributed by atoms with E-state index in [9.17, 15) is 0 Å². The van der Waals surface area contributed by atoms with Gasteiger partial charge in [-0.25, -0.2) is 0 Å². The Balaban J connectivity index is 0.973. The molecule has 6 aromatic rings. The molecule has 11 heteroatoms. The van der Waals surface area contributed by atoms with Crippen molar-refractivity contribution in [2.45, 2.75) is 26.4 Å². The van der Waals surface area contributed by atoms with Crippen LogP contribution in [0, 0.1) is 0 Å². The number of aromatic nitrogens is 2. The molecule has 0 N–H and O–H groups in total. The van der Waals surface area contributed by atoms with Crippen molar-refractivity contribution >= 4 is 46.4 Å². The van der Waals surface area contributed by atoms with Crippen molar-refractivity contribution < 1.29 is 23.3 Å². The van der Waals surface area contributed by atoms with Crippen molar-refractivity contribution in [1.29, 1.82) is 0 Å². The van der Waals surface area contributed by atoms with Crippen molar-refractivity contribution in [1.82, 2.24) is 10.3 Å². The second-order valence-electron chi connectivity index (χ2n) is 9.88. The van der Waals surface area contributed by atoms with Gasteiger partial charge in [-0.05, 0) is 72.8 Å². The monoisotopic (exact) mass is 680 g/mol. The van der Waals surface area contributed by atoms with Crippen LogP contribution in [0.2, 0.25) is 20.1 Å². The third kappa shape index (κ3) is 7.82. The third-order valence-electron chi connectivity index (χ3n) is 6.80. The number of benzene rings is 4. The standard InChI is InChI=1S/C34H24Cl4N2O5/c35-29-3-1-4-30(36)27(29)19-42-23-11-7-21(8-12-23)33-15-25(44-39-33)17-41-18-26-16-34(40-45-26)22-9-13-24(14-10-22)43-20-28-31(37)5-2-6-32(28)38/h1-16H,17-20H2. The highest BCUT2D eigenvalue weighted by Crippen LogP contribution is 2.29. The van der Waals surface area contributed by atoms with E-state index in [0.29, 0.717) is 54.5 Å². The van der Waals surface area contributed by atoms with Gasteiger partial charge in [0.1, 0.15) is 49.3 Å². The normalized spacial score (nSPS) is 11.1. The second-order valence-corrected chi connectivity index (χ2v) is 11.5. The fourth-order valence-corrected chi connectivity index (χ4v) is 5.39. The van der Waals surface area contributed by atoms with Gasteiger partial charge in [0.05, 0.1) is 0 Å². The Morgan fingerprint density at radius 3 is 1.24 bits per heavy atom. The SMILES string of the molecule is Clc1cccc(Cl)c1COc1ccc(-c2cc(COCc3cc(-c4ccc(OCc5c(Cl)cccc5Cl)cc4)no3)on2)cc1. The number of nitrogens with zero attached hydrogens (tertiary/aromatic N) is 2. The maximum atomic E-state index is 6.23. The zero-order valence-corrected chi connectivity index (χ0v) is 26.5. The highest BCUT2D eigenvalue weighted by Gasteiger charge is 2.12. The van der Waals surface area contributed by atoms with E-state index in [-0.39, 0.29) is 26.4 Å². The summed E-state index contributed by atoms with van der Waals surface area (Å²) < 4.78 is 28.4. The van der Waals surface area contributed by atoms with Gasteiger partial charge in [-0.15, -0.1) is 0 Å². The molecule has 0 radical (unpaired) electrons. The summed E-state index contributed by atoms with van der Waals surface area (Å²) in [5, 5.41) is 10.6. The van der Waals surface area contributed by atoms with Gasteiger partial charge in [0.25, 0.3) is 0 Å². The average Bonchev–Trinajstić information content (AvgIpc) is 3.72. The molecule has 6 rings (SSSR count). The van der Waals surface area contributed by atoms with Crippen molar-refractivity contribution in [3.63, 3.8) is 0 Å². The van der Waals surface area contributed by atoms with E-state index in [2.05, 4.69) is 10.3 Å². The summed E-state index contributed by atoms with van der Waals surface area (Å²) in [6, 6.07) is 29.4. The van der Waals surface area contributed by atoms with E-state index in [1.807, 2.05) is 60.7 Å². The summed E-state index contributed by atoms with van der Waals surface area (Å²) in [4.78, 5) is 0. The van der Waals surface area contributed by atoms with E-state index in [4.69, 9.17) is 69.7 Å². The number of halogens is 4. The second kappa shape index (κ2) is 14.4. The van der Waals surface area contributed by atoms with Crippen molar-refractivity contribution in [3.8, 4) is 34.0 Å². The quantitative estimate of drug-likeness (QED) is 0.127. The fraction of sp³-hybridized carbons (Fsp3) is 0.118. The average molecular weight is 682 g/mol. The van der Waals surface area contributed by atoms with E-state index in [1.165, 1.54) is 0 Å². The molecule has 0 unspecified atom stereocenters. The first-order valence-corrected chi connectivity index (χ1v) is 15.3. The van der Waals surface area contributed by atoms with Crippen LogP contribution in [0.15, 0.2) is 106 Å². The zero-order valence-electron chi connectivity index (χ0n) is 23.5. The van der Waals surface area contributed by atoms with Crippen LogP contribution in [0.4, 0.5) is 0 Å². The predicted octanol–water partition coefficient (Wildman–Crippen LogP) is 10.5. The van der Waals surface area contributed by atoms with E-state index < -0.39 is 0 Å². The lowest BCUT2D eigenvalue weighted by Crippen LogP contribution is -1.97. The van der Waals surface area contributed by atoms with Crippen LogP contribution in [0.3, 0.4) is 0 Å². The maximum absolute atomic E-state index is 6.23. The first-order chi connectivity index (χ1) is 21.9. The first kappa shape index (κ1) is 31.0. The Morgan fingerprint density at radius 1 is 0.489 bits per heavy atom. The molecule has 7 nitrogen and oxygen atoms in total. The zero-order chi connectivity index (χ0) is 31.2. The molecule has 2 heterocycles. The number of hydrogen-bond donors (Lipinski definition) is 0. The molecule has 228 valence electrons. The molecule has 0 atom stereocenters. The molecule has 2 aromatic heterocycles. The summed E-state index contributed by atoms with van der Waals surface area (Å²) >= 11 is 24.9. The van der Waals surface area contributed by atoms with Crippen LogP contribution >= 0.6 is 46.4 Å². The largest absolute Gasteiger partial charge is 0.489 e. The molecule has 0 spiro atoms. The van der Waals surface area contributed by atoms with Gasteiger partial charge in [-0.3, -0.25) is 0 Å². The van der Waals surface area contributed by atoms with Gasteiger partial charge >= 0.3 is 0 Å². The number of hydrogen-bond acceptors (Lipinski definition) is 7. The fourth-order valence-electron chi connectivity index (χ4n) is 4.38. The van der Waals surface area contributed by atoms with Crippen LogP contribution in [0.25, 0.3) is 22.5 Å². The highest BCUT2D eigenvalue weighted by molar-refractivity contribution is 6.36. The maximum Gasteiger partial charge on any atom is 0.163 e. The number of rotatable bonds is 12. The Labute approximate surface area is 279 Å². The third-order valence-corrected chi connectivity index (χ3v) is 8.21. The molecule has 4 aromatic carbocycles. The Bertz CT molecular complexity index is 1710. The van der Waals surface area contributed by atoms with Crippen LogP contribution in [-0.4, -0.2) is 10.3 Å². The predicted molar refractivity (Wildman–Crippen MR) is 174 cm³/mol. The molecule has 0 aliphatic rings. The minimum Gasteiger partial charge on any atom is -0.489 e. The lowest BCUT2D eigenvalue weighted by molar-refractivity contribution is 0.0727. The minimum absolute atomic E-state index is 0.213. The van der Waals surface area contributed by atoms with Crippen LogP contribution < -0.4 is 9.47 Å². The molecule has 0 saturated carbocycles. The minimum atomic E-state index is 0.213. The summed E-state index contributed by atoms with van der Waals surface area (Å²) in [5.74, 6) is 2.51. The van der Waals surface area contributed by atoms with Crippen molar-refractivity contribution in [3.05, 3.63) is 140 Å². The van der Waals surface area contributed by atoms with E-state index >= 15 is 0 Å². The highest BCUT2D eigenvalue weighted by atomic mass is 35.5. The number of ether oxygens (including phenoxy) is 3. The van der Waals surface area contributed by atoms with Gasteiger partial charge in [-0.1, -0.05) is 68.8 Å². The van der Waals surface area contributed by atoms with Crippen molar-refractivity contribution in [2.24, 2.45) is 0 Å². The first-order valence-electron chi connectivity index (χ1n) is 13.7. The molecule has 0 aliphatic heterocycles. The Hall–Kier alpha value is -3.98.